The lowest BCUT2D eigenvalue weighted by Gasteiger charge is -2.06. The maximum Gasteiger partial charge on any atom is 0.224 e. The highest BCUT2D eigenvalue weighted by atomic mass is 32.1. The topological polar surface area (TPSA) is 46.4 Å². The Morgan fingerprint density at radius 3 is 2.95 bits per heavy atom. The standard InChI is InChI=1S/C16H17N3OS/c1-11-12(2)19-10-13(5-7-15(19)17-11)18-16(20)8-6-14-4-3-9-21-14/h3-5,7,9-10H,6,8H2,1-2H3,(H,18,20). The van der Waals surface area contributed by atoms with Gasteiger partial charge < -0.3 is 9.72 Å². The molecule has 1 N–H and O–H groups in total. The SMILES string of the molecule is Cc1nc2ccc(NC(=O)CCc3cccs3)cn2c1C. The molecule has 0 aliphatic rings. The summed E-state index contributed by atoms with van der Waals surface area (Å²) in [6, 6.07) is 7.89. The summed E-state index contributed by atoms with van der Waals surface area (Å²) in [6.45, 7) is 4.01. The first kappa shape index (κ1) is 13.8. The molecule has 1 amide bonds. The first-order chi connectivity index (χ1) is 10.1. The average molecular weight is 299 g/mol. The third kappa shape index (κ3) is 2.97. The van der Waals surface area contributed by atoms with Crippen LogP contribution < -0.4 is 5.32 Å². The molecule has 3 heterocycles. The molecule has 21 heavy (non-hydrogen) atoms. The lowest BCUT2D eigenvalue weighted by molar-refractivity contribution is -0.116. The van der Waals surface area contributed by atoms with Crippen LogP contribution in [-0.4, -0.2) is 15.3 Å². The molecule has 4 nitrogen and oxygen atoms in total. The lowest BCUT2D eigenvalue weighted by atomic mass is 10.2. The number of aryl methyl sites for hydroxylation is 3. The fraction of sp³-hybridized carbons (Fsp3) is 0.250. The number of anilines is 1. The van der Waals surface area contributed by atoms with Crippen LogP contribution in [-0.2, 0) is 11.2 Å². The normalized spacial score (nSPS) is 11.0. The average Bonchev–Trinajstić information content (AvgIpc) is 3.07. The molecule has 3 aromatic rings. The molecule has 3 rings (SSSR count). The molecule has 0 bridgehead atoms. The Hall–Kier alpha value is -2.14. The number of thiophene rings is 1. The minimum absolute atomic E-state index is 0.0391. The fourth-order valence-corrected chi connectivity index (χ4v) is 2.98. The van der Waals surface area contributed by atoms with Crippen molar-refractivity contribution < 1.29 is 4.79 Å². The third-order valence-corrected chi connectivity index (χ3v) is 4.49. The number of rotatable bonds is 4. The van der Waals surface area contributed by atoms with Crippen molar-refractivity contribution in [3.63, 3.8) is 0 Å². The van der Waals surface area contributed by atoms with E-state index in [1.807, 2.05) is 48.0 Å². The van der Waals surface area contributed by atoms with Crippen LogP contribution in [0.4, 0.5) is 5.69 Å². The maximum absolute atomic E-state index is 12.0. The van der Waals surface area contributed by atoms with Gasteiger partial charge in [-0.15, -0.1) is 11.3 Å². The van der Waals surface area contributed by atoms with E-state index in [2.05, 4.69) is 16.4 Å². The van der Waals surface area contributed by atoms with Crippen molar-refractivity contribution in [1.29, 1.82) is 0 Å². The van der Waals surface area contributed by atoms with Gasteiger partial charge in [0.15, 0.2) is 0 Å². The van der Waals surface area contributed by atoms with Crippen molar-refractivity contribution in [3.05, 3.63) is 52.1 Å². The van der Waals surface area contributed by atoms with Crippen molar-refractivity contribution in [2.45, 2.75) is 26.7 Å². The molecule has 0 fully saturated rings. The maximum atomic E-state index is 12.0. The molecule has 108 valence electrons. The van der Waals surface area contributed by atoms with Crippen molar-refractivity contribution >= 4 is 28.6 Å². The van der Waals surface area contributed by atoms with Crippen LogP contribution in [0.15, 0.2) is 35.8 Å². The number of hydrogen-bond acceptors (Lipinski definition) is 3. The zero-order chi connectivity index (χ0) is 14.8. The van der Waals surface area contributed by atoms with E-state index >= 15 is 0 Å². The van der Waals surface area contributed by atoms with Gasteiger partial charge in [0.25, 0.3) is 0 Å². The molecule has 5 heteroatoms. The van der Waals surface area contributed by atoms with Crippen molar-refractivity contribution in [3.8, 4) is 0 Å². The molecule has 0 radical (unpaired) electrons. The molecule has 0 aliphatic heterocycles. The van der Waals surface area contributed by atoms with E-state index in [0.29, 0.717) is 6.42 Å². The smallest absolute Gasteiger partial charge is 0.224 e. The van der Waals surface area contributed by atoms with Gasteiger partial charge in [-0.1, -0.05) is 6.07 Å². The summed E-state index contributed by atoms with van der Waals surface area (Å²) in [5.41, 5.74) is 3.82. The largest absolute Gasteiger partial charge is 0.325 e. The summed E-state index contributed by atoms with van der Waals surface area (Å²) < 4.78 is 2.00. The summed E-state index contributed by atoms with van der Waals surface area (Å²) in [4.78, 5) is 17.7. The van der Waals surface area contributed by atoms with Gasteiger partial charge in [-0.25, -0.2) is 4.98 Å². The zero-order valence-electron chi connectivity index (χ0n) is 12.1. The van der Waals surface area contributed by atoms with Crippen molar-refractivity contribution in [2.75, 3.05) is 5.32 Å². The second kappa shape index (κ2) is 5.69. The zero-order valence-corrected chi connectivity index (χ0v) is 12.9. The van der Waals surface area contributed by atoms with E-state index in [9.17, 15) is 4.79 Å². The lowest BCUT2D eigenvalue weighted by Crippen LogP contribution is -2.12. The number of imidazole rings is 1. The number of fused-ring (bicyclic) bond motifs is 1. The van der Waals surface area contributed by atoms with Crippen LogP contribution in [0.1, 0.15) is 22.7 Å². The Labute approximate surface area is 127 Å². The Bertz CT molecular complexity index is 774. The van der Waals surface area contributed by atoms with Crippen LogP contribution in [0.3, 0.4) is 0 Å². The number of hydrogen-bond donors (Lipinski definition) is 1. The molecule has 0 saturated heterocycles. The summed E-state index contributed by atoms with van der Waals surface area (Å²) in [7, 11) is 0. The Morgan fingerprint density at radius 2 is 2.19 bits per heavy atom. The number of nitrogens with one attached hydrogen (secondary N) is 1. The van der Waals surface area contributed by atoms with Gasteiger partial charge in [-0.05, 0) is 43.8 Å². The quantitative estimate of drug-likeness (QED) is 0.800. The van der Waals surface area contributed by atoms with E-state index in [0.717, 1.165) is 29.1 Å². The molecule has 0 spiro atoms. The monoisotopic (exact) mass is 299 g/mol. The number of pyridine rings is 1. The summed E-state index contributed by atoms with van der Waals surface area (Å²) in [5.74, 6) is 0.0391. The number of nitrogens with zero attached hydrogens (tertiary/aromatic N) is 2. The predicted molar refractivity (Wildman–Crippen MR) is 85.9 cm³/mol. The van der Waals surface area contributed by atoms with E-state index in [1.165, 1.54) is 4.88 Å². The van der Waals surface area contributed by atoms with E-state index < -0.39 is 0 Å². The fourth-order valence-electron chi connectivity index (χ4n) is 2.27. The molecule has 0 atom stereocenters. The van der Waals surface area contributed by atoms with E-state index in [1.54, 1.807) is 11.3 Å². The van der Waals surface area contributed by atoms with Gasteiger partial charge in [-0.2, -0.15) is 0 Å². The highest BCUT2D eigenvalue weighted by Gasteiger charge is 2.07. The summed E-state index contributed by atoms with van der Waals surface area (Å²) in [5, 5.41) is 4.98. The van der Waals surface area contributed by atoms with E-state index in [4.69, 9.17) is 0 Å². The van der Waals surface area contributed by atoms with Gasteiger partial charge in [0, 0.05) is 23.2 Å². The van der Waals surface area contributed by atoms with Gasteiger partial charge in [0.05, 0.1) is 11.4 Å². The van der Waals surface area contributed by atoms with Crippen LogP contribution >= 0.6 is 11.3 Å². The second-order valence-electron chi connectivity index (χ2n) is 5.06. The van der Waals surface area contributed by atoms with Gasteiger partial charge in [-0.3, -0.25) is 4.79 Å². The highest BCUT2D eigenvalue weighted by Crippen LogP contribution is 2.16. The van der Waals surface area contributed by atoms with Crippen LogP contribution in [0.25, 0.3) is 5.65 Å². The first-order valence-corrected chi connectivity index (χ1v) is 7.79. The molecule has 0 aliphatic carbocycles. The molecule has 3 aromatic heterocycles. The van der Waals surface area contributed by atoms with Crippen LogP contribution in [0.5, 0.6) is 0 Å². The molecular weight excluding hydrogens is 282 g/mol. The minimum atomic E-state index is 0.0391. The third-order valence-electron chi connectivity index (χ3n) is 3.56. The summed E-state index contributed by atoms with van der Waals surface area (Å²) in [6.07, 6.45) is 3.21. The Kier molecular flexibility index (Phi) is 3.75. The number of amides is 1. The van der Waals surface area contributed by atoms with Gasteiger partial charge in [0.1, 0.15) is 5.65 Å². The van der Waals surface area contributed by atoms with Crippen LogP contribution in [0, 0.1) is 13.8 Å². The molecule has 0 aromatic carbocycles. The Morgan fingerprint density at radius 1 is 1.33 bits per heavy atom. The van der Waals surface area contributed by atoms with Crippen molar-refractivity contribution in [1.82, 2.24) is 9.38 Å². The molecular formula is C16H17N3OS. The number of carbonyl (C=O) groups is 1. The number of carbonyl (C=O) groups excluding carboxylic acids is 1. The molecule has 0 saturated carbocycles. The molecule has 0 unspecified atom stereocenters. The van der Waals surface area contributed by atoms with Crippen LogP contribution in [0.2, 0.25) is 0 Å². The number of aromatic nitrogens is 2. The van der Waals surface area contributed by atoms with Crippen molar-refractivity contribution in [2.24, 2.45) is 0 Å². The highest BCUT2D eigenvalue weighted by molar-refractivity contribution is 7.09. The van der Waals surface area contributed by atoms with Gasteiger partial charge >= 0.3 is 0 Å². The first-order valence-electron chi connectivity index (χ1n) is 6.91. The summed E-state index contributed by atoms with van der Waals surface area (Å²) >= 11 is 1.69. The minimum Gasteiger partial charge on any atom is -0.325 e. The predicted octanol–water partition coefficient (Wildman–Crippen LogP) is 3.58. The Balaban J connectivity index is 1.69. The van der Waals surface area contributed by atoms with Gasteiger partial charge in [0.2, 0.25) is 5.91 Å². The van der Waals surface area contributed by atoms with E-state index in [-0.39, 0.29) is 5.91 Å². The second-order valence-corrected chi connectivity index (χ2v) is 6.09.